The molecule has 0 saturated carbocycles. The Morgan fingerprint density at radius 1 is 0.278 bits per heavy atom. The monoisotopic (exact) mass is 1880 g/mol. The number of para-hydroxylation sites is 2. The third-order valence-corrected chi connectivity index (χ3v) is 14.0. The van der Waals surface area contributed by atoms with E-state index in [0.29, 0.717) is 0 Å². The third-order valence-electron chi connectivity index (χ3n) is 14.0. The Balaban J connectivity index is 2.80. The van der Waals surface area contributed by atoms with E-state index >= 15 is 0 Å². The highest BCUT2D eigenvalue weighted by molar-refractivity contribution is 6.70. The van der Waals surface area contributed by atoms with Gasteiger partial charge in [0.15, 0.2) is 40.5 Å². The summed E-state index contributed by atoms with van der Waals surface area (Å²) in [6, 6.07) is 12.8. The van der Waals surface area contributed by atoms with Crippen LogP contribution in [0.25, 0.3) is 22.3 Å². The van der Waals surface area contributed by atoms with Crippen molar-refractivity contribution in [2.75, 3.05) is 85.6 Å². The first-order valence-electron chi connectivity index (χ1n) is 42.7. The van der Waals surface area contributed by atoms with Crippen molar-refractivity contribution in [3.63, 3.8) is 0 Å². The molecule has 0 radical (unpaired) electrons. The van der Waals surface area contributed by atoms with Gasteiger partial charge in [-0.1, -0.05) is 24.3 Å². The number of ether oxygens (including phenoxy) is 16. The van der Waals surface area contributed by atoms with Gasteiger partial charge >= 0.3 is 68.4 Å². The van der Waals surface area contributed by atoms with Gasteiger partial charge in [0.2, 0.25) is 23.8 Å². The molecule has 0 heterocycles. The van der Waals surface area contributed by atoms with Gasteiger partial charge in [-0.2, -0.15) is 4.99 Å². The number of nitrogens with two attached hydrogens (primary N) is 2. The van der Waals surface area contributed by atoms with E-state index in [0.717, 1.165) is 0 Å². The van der Waals surface area contributed by atoms with Crippen molar-refractivity contribution in [3.05, 3.63) is 48.5 Å². The van der Waals surface area contributed by atoms with Crippen molar-refractivity contribution in [2.45, 2.75) is 264 Å². The number of benzene rings is 3. The average molecular weight is 1880 g/mol. The highest BCUT2D eigenvalue weighted by atomic mass is 16.6. The normalized spacial score (nSPS) is 12.9. The zero-order valence-corrected chi connectivity index (χ0v) is 82.4. The average Bonchev–Trinajstić information content (AvgIpc) is 0.761. The summed E-state index contributed by atoms with van der Waals surface area (Å²) in [5, 5.41) is 27.4. The Hall–Kier alpha value is -13.0. The fourth-order valence-electron chi connectivity index (χ4n) is 9.89. The Morgan fingerprint density at radius 2 is 0.504 bits per heavy atom. The highest BCUT2D eigenvalue weighted by Gasteiger charge is 2.31. The van der Waals surface area contributed by atoms with Crippen LogP contribution < -0.4 is 93.1 Å². The van der Waals surface area contributed by atoms with Gasteiger partial charge in [-0.25, -0.2) is 47.9 Å². The largest absolute Gasteiger partial charge is 0.488 e. The summed E-state index contributed by atoms with van der Waals surface area (Å²) in [5.74, 6) is -2.23. The molecular formula is C87H139BN18O27. The fraction of sp³-hybridized carbons (Fsp3) is 0.609. The van der Waals surface area contributed by atoms with E-state index in [1.54, 1.807) is 256 Å². The van der Waals surface area contributed by atoms with Gasteiger partial charge in [0.1, 0.15) is 95.7 Å². The fourth-order valence-corrected chi connectivity index (χ4v) is 9.89. The number of amidine groups is 1. The van der Waals surface area contributed by atoms with E-state index in [9.17, 15) is 47.9 Å². The molecule has 0 unspecified atom stereocenters. The Bertz CT molecular complexity index is 4620. The molecule has 0 saturated heterocycles. The van der Waals surface area contributed by atoms with Gasteiger partial charge < -0.3 is 124 Å². The number of rotatable bonds is 29. The van der Waals surface area contributed by atoms with Crippen molar-refractivity contribution < 1.29 is 128 Å². The van der Waals surface area contributed by atoms with E-state index in [-0.39, 0.29) is 161 Å². The number of alkyl carbamates (subject to hydrolysis) is 4. The van der Waals surface area contributed by atoms with Crippen LogP contribution in [0, 0.1) is 0 Å². The lowest BCUT2D eigenvalue weighted by molar-refractivity contribution is 0.0542. The number of carbonyl (C=O) groups is 10. The first-order valence-corrected chi connectivity index (χ1v) is 42.7. The predicted molar refractivity (Wildman–Crippen MR) is 499 cm³/mol. The standard InChI is InChI=1S/C87H139BN18O27/c1-78(2,3)124-68(107)97-62(88-123-51-89)91-39-47-121-60-54(52-34-32-36-57(118-46-41-93-64(99-70(109)126-80(7,8)9)100-71(110)127-81(10,11)12)59(52)120-49-43-95-66(103-74(113)130-84(19,20)21)104-75(114)131-85(22,23)24)37-38-55(61(60)122-50-44-96-67(105-76(115)132-86(25,26)27)106-77(116)133-87(28,29)30)53-33-31-35-56(117-45-40-92-63(90)98-69(108)125-79(4,5)6)58(53)119-48-42-94-65(101-72(111)128-82(13,14)15)102-73(112)129-83(16,17)18/h31-38,88H,39-51,89H2,1-30H3,(H,91,97,107)(H3,90,92,98,108)(H2,93,99,100,109,110)(H2,94,101,102,111,112)(H2,95,103,104,113,114)(H2,96,105,106,115,116). The smallest absolute Gasteiger partial charge is 0.437 e. The van der Waals surface area contributed by atoms with Gasteiger partial charge in [0.25, 0.3) is 0 Å². The quantitative estimate of drug-likeness (QED) is 0.00767. The van der Waals surface area contributed by atoms with Gasteiger partial charge in [0.05, 0.1) is 45.2 Å². The van der Waals surface area contributed by atoms with Crippen molar-refractivity contribution in [1.82, 2.24) is 53.2 Å². The number of hydrogen-bond donors (Lipinski definition) is 12. The molecule has 133 heavy (non-hydrogen) atoms. The zero-order chi connectivity index (χ0) is 101. The number of hydrogen-bond acceptors (Lipinski definition) is 28. The summed E-state index contributed by atoms with van der Waals surface area (Å²) in [5.41, 5.74) is 2.52. The molecule has 46 heteroatoms. The van der Waals surface area contributed by atoms with Gasteiger partial charge in [0, 0.05) is 28.8 Å². The number of nitrogens with one attached hydrogen (secondary N) is 10. The molecule has 3 aromatic rings. The topological polar surface area (TPSA) is 574 Å². The second-order valence-electron chi connectivity index (χ2n) is 38.5. The van der Waals surface area contributed by atoms with Crippen molar-refractivity contribution in [1.29, 1.82) is 0 Å². The van der Waals surface area contributed by atoms with E-state index in [1.807, 2.05) is 0 Å². The molecule has 14 N–H and O–H groups in total. The molecule has 3 aromatic carbocycles. The third kappa shape index (κ3) is 52.6. The first kappa shape index (κ1) is 114. The van der Waals surface area contributed by atoms with Crippen LogP contribution in [0.5, 0.6) is 34.5 Å². The van der Waals surface area contributed by atoms with Gasteiger partial charge in [-0.3, -0.25) is 21.3 Å². The Kier molecular flexibility index (Phi) is 43.9. The van der Waals surface area contributed by atoms with Crippen molar-refractivity contribution >= 4 is 104 Å². The number of amides is 10. The molecule has 0 aliphatic heterocycles. The number of aliphatic imine (C=N–C) groups is 6. The number of nitrogens with zero attached hydrogens (tertiary/aromatic N) is 6. The highest BCUT2D eigenvalue weighted by Crippen LogP contribution is 2.52. The molecule has 0 fully saturated rings. The summed E-state index contributed by atoms with van der Waals surface area (Å²) >= 11 is 0. The zero-order valence-electron chi connectivity index (χ0n) is 82.4. The van der Waals surface area contributed by atoms with Crippen LogP contribution in [0.3, 0.4) is 0 Å². The molecule has 742 valence electrons. The molecule has 0 aromatic heterocycles. The summed E-state index contributed by atoms with van der Waals surface area (Å²) in [4.78, 5) is 157. The van der Waals surface area contributed by atoms with Gasteiger partial charge in [-0.15, -0.1) is 25.0 Å². The SMILES string of the molecule is CC(C)(C)OC(=O)/N=C(/NCCOc1cccc(-c2ccc(-c3cccc(OCCN/C(N)=N/C(=O)OC(C)(C)C)c3OCCN/C(=N/C(=O)OC(C)(C)C)NC(=O)OC(C)(C)C)c(OCCN/C(=N/C(=O)OC(C)(C)C)NC(=O)OC(C)(C)C)c2OCCN/C(BOCN)=N/C(=O)OC(C)(C)C)c1OCCN/C(=N/C(=O)OC(C)(C)C)NC(=O)OC(C)(C)C)NC(=O)OC(C)(C)C. The summed E-state index contributed by atoms with van der Waals surface area (Å²) in [7, 11) is -0.320. The van der Waals surface area contributed by atoms with Gasteiger partial charge in [-0.05, 0) is 232 Å². The summed E-state index contributed by atoms with van der Waals surface area (Å²) in [6.45, 7) is 45.3. The van der Waals surface area contributed by atoms with Crippen LogP contribution in [-0.4, -0.2) is 246 Å². The van der Waals surface area contributed by atoms with Crippen molar-refractivity contribution in [2.24, 2.45) is 41.4 Å². The van der Waals surface area contributed by atoms with E-state index in [2.05, 4.69) is 83.1 Å². The molecule has 0 aliphatic carbocycles. The van der Waals surface area contributed by atoms with E-state index in [1.165, 1.54) is 0 Å². The number of guanidine groups is 5. The molecule has 45 nitrogen and oxygen atoms in total. The Labute approximate surface area is 778 Å². The summed E-state index contributed by atoms with van der Waals surface area (Å²) < 4.78 is 101. The minimum absolute atomic E-state index is 0.00204. The van der Waals surface area contributed by atoms with Crippen molar-refractivity contribution in [3.8, 4) is 56.8 Å². The maximum Gasteiger partial charge on any atom is 0.437 e. The Morgan fingerprint density at radius 3 is 0.767 bits per heavy atom. The molecule has 0 bridgehead atoms. The lowest BCUT2D eigenvalue weighted by Crippen LogP contribution is -2.45. The van der Waals surface area contributed by atoms with Crippen LogP contribution in [-0.2, 0) is 52.0 Å². The minimum Gasteiger partial charge on any atom is -0.488 e. The molecule has 3 rings (SSSR count). The second-order valence-corrected chi connectivity index (χ2v) is 38.5. The summed E-state index contributed by atoms with van der Waals surface area (Å²) in [6.07, 6.45) is -10.3. The first-order chi connectivity index (χ1) is 61.1. The lowest BCUT2D eigenvalue weighted by Gasteiger charge is -2.24. The predicted octanol–water partition coefficient (Wildman–Crippen LogP) is 11.9. The molecular weight excluding hydrogens is 1740 g/mol. The van der Waals surface area contributed by atoms with E-state index < -0.39 is 141 Å². The lowest BCUT2D eigenvalue weighted by atomic mass is 9.96. The number of carbonyl (C=O) groups excluding carboxylic acids is 10. The maximum absolute atomic E-state index is 13.5. The second kappa shape index (κ2) is 51.1. The van der Waals surface area contributed by atoms with Crippen LogP contribution >= 0.6 is 0 Å². The molecule has 0 aliphatic rings. The van der Waals surface area contributed by atoms with Crippen LogP contribution in [0.1, 0.15) is 208 Å². The van der Waals surface area contributed by atoms with Crippen LogP contribution in [0.2, 0.25) is 0 Å². The molecule has 0 spiro atoms. The molecule has 0 atom stereocenters. The van der Waals surface area contributed by atoms with Crippen LogP contribution in [0.15, 0.2) is 78.5 Å². The maximum atomic E-state index is 13.5. The van der Waals surface area contributed by atoms with E-state index in [4.69, 9.17) is 91.9 Å². The molecule has 10 amide bonds. The van der Waals surface area contributed by atoms with Crippen LogP contribution in [0.4, 0.5) is 47.9 Å². The minimum atomic E-state index is -1.11.